The first-order chi connectivity index (χ1) is 10.5. The van der Waals surface area contributed by atoms with Gasteiger partial charge in [0, 0.05) is 10.4 Å². The summed E-state index contributed by atoms with van der Waals surface area (Å²) in [5.74, 6) is 0.427. The molecule has 4 nitrogen and oxygen atoms in total. The molecule has 0 aliphatic carbocycles. The molecule has 2 N–H and O–H groups in total. The third kappa shape index (κ3) is 2.83. The molecule has 3 aromatic rings. The Morgan fingerprint density at radius 2 is 1.77 bits per heavy atom. The van der Waals surface area contributed by atoms with Gasteiger partial charge < -0.3 is 10.1 Å². The first kappa shape index (κ1) is 14.6. The number of halogens is 1. The highest BCUT2D eigenvalue weighted by Gasteiger charge is 2.12. The number of hydrogen-bond acceptors (Lipinski definition) is 3. The molecule has 3 rings (SSSR count). The molecule has 0 saturated carbocycles. The molecule has 22 heavy (non-hydrogen) atoms. The van der Waals surface area contributed by atoms with Gasteiger partial charge >= 0.3 is 0 Å². The highest BCUT2D eigenvalue weighted by molar-refractivity contribution is 6.30. The van der Waals surface area contributed by atoms with Crippen LogP contribution in [0.2, 0.25) is 5.02 Å². The van der Waals surface area contributed by atoms with E-state index in [0.29, 0.717) is 22.3 Å². The SMILES string of the molecule is CC(C)c1ccc2[nH]c(O)c(N=Nc3ccc(Cl)cc3)c2c1. The Morgan fingerprint density at radius 1 is 1.05 bits per heavy atom. The van der Waals surface area contributed by atoms with Crippen molar-refractivity contribution in [2.45, 2.75) is 19.8 Å². The van der Waals surface area contributed by atoms with Crippen LogP contribution in [0.5, 0.6) is 5.88 Å². The quantitative estimate of drug-likeness (QED) is 0.567. The zero-order chi connectivity index (χ0) is 15.7. The Hall–Kier alpha value is -2.33. The summed E-state index contributed by atoms with van der Waals surface area (Å²) in [6, 6.07) is 13.1. The van der Waals surface area contributed by atoms with Gasteiger partial charge in [-0.1, -0.05) is 31.5 Å². The molecule has 1 aromatic heterocycles. The average Bonchev–Trinajstić information content (AvgIpc) is 2.81. The van der Waals surface area contributed by atoms with E-state index >= 15 is 0 Å². The zero-order valence-corrected chi connectivity index (χ0v) is 13.1. The summed E-state index contributed by atoms with van der Waals surface area (Å²) in [4.78, 5) is 2.92. The lowest BCUT2D eigenvalue weighted by molar-refractivity contribution is 0.459. The zero-order valence-electron chi connectivity index (χ0n) is 12.3. The van der Waals surface area contributed by atoms with E-state index in [9.17, 15) is 5.11 Å². The molecule has 2 aromatic carbocycles. The van der Waals surface area contributed by atoms with E-state index in [0.717, 1.165) is 10.9 Å². The van der Waals surface area contributed by atoms with Crippen molar-refractivity contribution in [3.63, 3.8) is 0 Å². The molecule has 0 radical (unpaired) electrons. The molecule has 0 unspecified atom stereocenters. The van der Waals surface area contributed by atoms with Gasteiger partial charge in [-0.2, -0.15) is 5.11 Å². The summed E-state index contributed by atoms with van der Waals surface area (Å²) in [5.41, 5.74) is 3.16. The van der Waals surface area contributed by atoms with Gasteiger partial charge in [-0.05, 0) is 47.9 Å². The van der Waals surface area contributed by atoms with Gasteiger partial charge in [0.1, 0.15) is 0 Å². The van der Waals surface area contributed by atoms with Gasteiger partial charge in [0.05, 0.1) is 11.2 Å². The first-order valence-corrected chi connectivity index (χ1v) is 7.44. The molecule has 0 aliphatic heterocycles. The maximum absolute atomic E-state index is 10.1. The smallest absolute Gasteiger partial charge is 0.218 e. The summed E-state index contributed by atoms with van der Waals surface area (Å²) < 4.78 is 0. The minimum absolute atomic E-state index is 0.0219. The van der Waals surface area contributed by atoms with Crippen LogP contribution >= 0.6 is 11.6 Å². The van der Waals surface area contributed by atoms with E-state index in [1.54, 1.807) is 24.3 Å². The summed E-state index contributed by atoms with van der Waals surface area (Å²) >= 11 is 5.84. The van der Waals surface area contributed by atoms with Gasteiger partial charge in [0.15, 0.2) is 5.69 Å². The Morgan fingerprint density at radius 3 is 2.45 bits per heavy atom. The fourth-order valence-corrected chi connectivity index (χ4v) is 2.38. The van der Waals surface area contributed by atoms with Crippen LogP contribution in [-0.4, -0.2) is 10.1 Å². The van der Waals surface area contributed by atoms with Gasteiger partial charge in [-0.3, -0.25) is 0 Å². The van der Waals surface area contributed by atoms with E-state index in [4.69, 9.17) is 11.6 Å². The fourth-order valence-electron chi connectivity index (χ4n) is 2.26. The summed E-state index contributed by atoms with van der Waals surface area (Å²) in [6.07, 6.45) is 0. The Labute approximate surface area is 133 Å². The molecule has 0 saturated heterocycles. The molecule has 0 atom stereocenters. The van der Waals surface area contributed by atoms with Crippen LogP contribution in [0.25, 0.3) is 10.9 Å². The predicted octanol–water partition coefficient (Wildman–Crippen LogP) is 6.07. The van der Waals surface area contributed by atoms with Crippen LogP contribution < -0.4 is 0 Å². The summed E-state index contributed by atoms with van der Waals surface area (Å²) in [5, 5.41) is 19.9. The number of nitrogens with zero attached hydrogens (tertiary/aromatic N) is 2. The molecule has 1 heterocycles. The number of aromatic hydroxyl groups is 1. The molecule has 0 bridgehead atoms. The number of aromatic nitrogens is 1. The van der Waals surface area contributed by atoms with Crippen molar-refractivity contribution in [2.75, 3.05) is 0 Å². The van der Waals surface area contributed by atoms with E-state index < -0.39 is 0 Å². The number of benzene rings is 2. The molecule has 0 fully saturated rings. The number of aromatic amines is 1. The lowest BCUT2D eigenvalue weighted by Gasteiger charge is -2.04. The molecule has 5 heteroatoms. The minimum atomic E-state index is 0.0219. The minimum Gasteiger partial charge on any atom is -0.493 e. The first-order valence-electron chi connectivity index (χ1n) is 7.06. The van der Waals surface area contributed by atoms with E-state index in [2.05, 4.69) is 29.1 Å². The standard InChI is InChI=1S/C17H16ClN3O/c1-10(2)11-3-8-15-14(9-11)16(17(22)19-15)21-20-13-6-4-12(18)5-7-13/h3-10,19,22H,1-2H3. The number of azo groups is 1. The maximum Gasteiger partial charge on any atom is 0.218 e. The molecule has 0 aliphatic rings. The van der Waals surface area contributed by atoms with Gasteiger partial charge in [-0.15, -0.1) is 5.11 Å². The normalized spacial score (nSPS) is 11.8. The highest BCUT2D eigenvalue weighted by atomic mass is 35.5. The second-order valence-corrected chi connectivity index (χ2v) is 5.89. The maximum atomic E-state index is 10.1. The third-order valence-electron chi connectivity index (χ3n) is 3.53. The lowest BCUT2D eigenvalue weighted by atomic mass is 10.0. The Bertz CT molecular complexity index is 835. The predicted molar refractivity (Wildman–Crippen MR) is 89.7 cm³/mol. The van der Waals surface area contributed by atoms with Crippen molar-refractivity contribution in [2.24, 2.45) is 10.2 Å². The van der Waals surface area contributed by atoms with Crippen LogP contribution in [0, 0.1) is 0 Å². The van der Waals surface area contributed by atoms with Crippen LogP contribution in [-0.2, 0) is 0 Å². The van der Waals surface area contributed by atoms with Crippen LogP contribution in [0.15, 0.2) is 52.7 Å². The van der Waals surface area contributed by atoms with E-state index in [1.165, 1.54) is 5.56 Å². The molecular formula is C17H16ClN3O. The van der Waals surface area contributed by atoms with Crippen LogP contribution in [0.4, 0.5) is 11.4 Å². The Balaban J connectivity index is 2.03. The molecule has 112 valence electrons. The third-order valence-corrected chi connectivity index (χ3v) is 3.79. The average molecular weight is 314 g/mol. The summed E-state index contributed by atoms with van der Waals surface area (Å²) in [6.45, 7) is 4.26. The Kier molecular flexibility index (Phi) is 3.86. The molecule has 0 spiro atoms. The highest BCUT2D eigenvalue weighted by Crippen LogP contribution is 2.37. The summed E-state index contributed by atoms with van der Waals surface area (Å²) in [7, 11) is 0. The number of rotatable bonds is 3. The van der Waals surface area contributed by atoms with E-state index in [1.807, 2.05) is 18.2 Å². The van der Waals surface area contributed by atoms with Gasteiger partial charge in [0.25, 0.3) is 0 Å². The van der Waals surface area contributed by atoms with Crippen molar-refractivity contribution in [3.05, 3.63) is 53.1 Å². The van der Waals surface area contributed by atoms with Gasteiger partial charge in [-0.25, -0.2) is 0 Å². The number of H-pyrrole nitrogens is 1. The monoisotopic (exact) mass is 313 g/mol. The number of hydrogen-bond donors (Lipinski definition) is 2. The topological polar surface area (TPSA) is 60.7 Å². The largest absolute Gasteiger partial charge is 0.493 e. The molecule has 0 amide bonds. The van der Waals surface area contributed by atoms with Crippen molar-refractivity contribution in [1.82, 2.24) is 4.98 Å². The van der Waals surface area contributed by atoms with Crippen LogP contribution in [0.1, 0.15) is 25.3 Å². The van der Waals surface area contributed by atoms with Gasteiger partial charge in [0.2, 0.25) is 5.88 Å². The van der Waals surface area contributed by atoms with Crippen molar-refractivity contribution >= 4 is 33.9 Å². The lowest BCUT2D eigenvalue weighted by Crippen LogP contribution is -1.85. The van der Waals surface area contributed by atoms with Crippen molar-refractivity contribution in [1.29, 1.82) is 0 Å². The number of fused-ring (bicyclic) bond motifs is 1. The second kappa shape index (κ2) is 5.81. The second-order valence-electron chi connectivity index (χ2n) is 5.46. The van der Waals surface area contributed by atoms with Crippen molar-refractivity contribution < 1.29 is 5.11 Å². The van der Waals surface area contributed by atoms with Crippen molar-refractivity contribution in [3.8, 4) is 5.88 Å². The van der Waals surface area contributed by atoms with Crippen LogP contribution in [0.3, 0.4) is 0 Å². The van der Waals surface area contributed by atoms with E-state index in [-0.39, 0.29) is 5.88 Å². The fraction of sp³-hybridized carbons (Fsp3) is 0.176. The molecular weight excluding hydrogens is 298 g/mol. The number of nitrogens with one attached hydrogen (secondary N) is 1.